The molecule has 1 atom stereocenters. The molecular weight excluding hydrogens is 314 g/mol. The lowest BCUT2D eigenvalue weighted by molar-refractivity contribution is -0.402. The van der Waals surface area contributed by atoms with Gasteiger partial charge in [-0.2, -0.15) is 0 Å². The SMILES string of the molecule is Cc1ccc(C(=O)[C@H](C)OC(=O)/C=C/c2ccc([N+](=O)[O-])o2)cc1. The molecule has 0 unspecified atom stereocenters. The van der Waals surface area contributed by atoms with E-state index in [1.807, 2.05) is 6.92 Å². The first kappa shape index (κ1) is 17.1. The lowest BCUT2D eigenvalue weighted by atomic mass is 10.1. The predicted molar refractivity (Wildman–Crippen MR) is 85.5 cm³/mol. The molecule has 0 spiro atoms. The molecule has 1 aromatic heterocycles. The molecule has 1 heterocycles. The van der Waals surface area contributed by atoms with Crippen molar-refractivity contribution in [3.8, 4) is 0 Å². The second-order valence-corrected chi connectivity index (χ2v) is 5.08. The van der Waals surface area contributed by atoms with Crippen LogP contribution in [0, 0.1) is 17.0 Å². The van der Waals surface area contributed by atoms with E-state index >= 15 is 0 Å². The zero-order valence-corrected chi connectivity index (χ0v) is 13.1. The van der Waals surface area contributed by atoms with E-state index in [-0.39, 0.29) is 11.5 Å². The predicted octanol–water partition coefficient (Wildman–Crippen LogP) is 3.32. The van der Waals surface area contributed by atoms with E-state index < -0.39 is 22.9 Å². The highest BCUT2D eigenvalue weighted by molar-refractivity contribution is 6.01. The number of ether oxygens (including phenoxy) is 1. The van der Waals surface area contributed by atoms with Crippen molar-refractivity contribution in [1.82, 2.24) is 0 Å². The first-order valence-corrected chi connectivity index (χ1v) is 7.10. The van der Waals surface area contributed by atoms with Gasteiger partial charge in [0.15, 0.2) is 6.10 Å². The summed E-state index contributed by atoms with van der Waals surface area (Å²) in [6, 6.07) is 9.45. The van der Waals surface area contributed by atoms with E-state index in [0.29, 0.717) is 5.56 Å². The van der Waals surface area contributed by atoms with E-state index in [4.69, 9.17) is 9.15 Å². The smallest absolute Gasteiger partial charge is 0.433 e. The van der Waals surface area contributed by atoms with Crippen molar-refractivity contribution >= 4 is 23.7 Å². The van der Waals surface area contributed by atoms with E-state index in [9.17, 15) is 19.7 Å². The van der Waals surface area contributed by atoms with Crippen LogP contribution in [0.25, 0.3) is 6.08 Å². The number of hydrogen-bond acceptors (Lipinski definition) is 6. The molecule has 0 saturated carbocycles. The summed E-state index contributed by atoms with van der Waals surface area (Å²) in [6.45, 7) is 3.38. The molecule has 24 heavy (non-hydrogen) atoms. The third-order valence-electron chi connectivity index (χ3n) is 3.17. The van der Waals surface area contributed by atoms with Gasteiger partial charge in [-0.25, -0.2) is 4.79 Å². The Hall–Kier alpha value is -3.22. The van der Waals surface area contributed by atoms with Crippen LogP contribution in [0.15, 0.2) is 46.9 Å². The van der Waals surface area contributed by atoms with Crippen molar-refractivity contribution in [2.45, 2.75) is 20.0 Å². The van der Waals surface area contributed by atoms with Gasteiger partial charge < -0.3 is 9.15 Å². The molecule has 0 amide bonds. The number of hydrogen-bond donors (Lipinski definition) is 0. The number of aryl methyl sites for hydroxylation is 1. The van der Waals surface area contributed by atoms with Crippen LogP contribution in [0.1, 0.15) is 28.6 Å². The molecule has 1 aromatic carbocycles. The first-order chi connectivity index (χ1) is 11.4. The van der Waals surface area contributed by atoms with Crippen LogP contribution in [0.2, 0.25) is 0 Å². The van der Waals surface area contributed by atoms with Crippen LogP contribution in [0.3, 0.4) is 0 Å². The van der Waals surface area contributed by atoms with Crippen molar-refractivity contribution in [2.75, 3.05) is 0 Å². The number of ketones is 1. The Kier molecular flexibility index (Phi) is 5.26. The molecule has 7 nitrogen and oxygen atoms in total. The molecule has 2 rings (SSSR count). The lowest BCUT2D eigenvalue weighted by Gasteiger charge is -2.10. The minimum absolute atomic E-state index is 0.135. The number of furan rings is 1. The van der Waals surface area contributed by atoms with Crippen molar-refractivity contribution in [3.05, 3.63) is 69.5 Å². The third kappa shape index (κ3) is 4.39. The monoisotopic (exact) mass is 329 g/mol. The van der Waals surface area contributed by atoms with E-state index in [1.54, 1.807) is 24.3 Å². The molecule has 124 valence electrons. The summed E-state index contributed by atoms with van der Waals surface area (Å²) < 4.78 is 9.89. The van der Waals surface area contributed by atoms with Crippen LogP contribution < -0.4 is 0 Å². The fraction of sp³-hybridized carbons (Fsp3) is 0.176. The van der Waals surface area contributed by atoms with Crippen molar-refractivity contribution in [2.24, 2.45) is 0 Å². The number of esters is 1. The molecule has 0 radical (unpaired) electrons. The van der Waals surface area contributed by atoms with Gasteiger partial charge in [-0.3, -0.25) is 14.9 Å². The van der Waals surface area contributed by atoms with Gasteiger partial charge in [0.1, 0.15) is 10.7 Å². The summed E-state index contributed by atoms with van der Waals surface area (Å²) in [7, 11) is 0. The Balaban J connectivity index is 1.95. The van der Waals surface area contributed by atoms with Crippen LogP contribution in [0.5, 0.6) is 0 Å². The maximum Gasteiger partial charge on any atom is 0.433 e. The number of benzene rings is 1. The maximum absolute atomic E-state index is 12.1. The summed E-state index contributed by atoms with van der Waals surface area (Å²) in [6.07, 6.45) is 1.33. The quantitative estimate of drug-likeness (QED) is 0.265. The zero-order valence-electron chi connectivity index (χ0n) is 13.1. The number of rotatable bonds is 6. The van der Waals surface area contributed by atoms with Gasteiger partial charge in [0.05, 0.1) is 6.07 Å². The molecule has 0 aliphatic rings. The topological polar surface area (TPSA) is 99.7 Å². The Morgan fingerprint density at radius 1 is 1.21 bits per heavy atom. The van der Waals surface area contributed by atoms with Gasteiger partial charge in [0, 0.05) is 11.6 Å². The van der Waals surface area contributed by atoms with Gasteiger partial charge in [-0.05, 0) is 26.0 Å². The number of carbonyl (C=O) groups is 2. The standard InChI is InChI=1S/C17H15NO6/c1-11-3-5-13(6-4-11)17(20)12(2)23-16(19)10-8-14-7-9-15(24-14)18(21)22/h3-10,12H,1-2H3/b10-8+/t12-/m0/s1. The van der Waals surface area contributed by atoms with Gasteiger partial charge in [-0.1, -0.05) is 29.8 Å². The maximum atomic E-state index is 12.1. The lowest BCUT2D eigenvalue weighted by Crippen LogP contribution is -2.23. The minimum Gasteiger partial charge on any atom is -0.451 e. The fourth-order valence-electron chi connectivity index (χ4n) is 1.90. The molecule has 0 fully saturated rings. The van der Waals surface area contributed by atoms with Crippen LogP contribution in [-0.2, 0) is 9.53 Å². The van der Waals surface area contributed by atoms with Gasteiger partial charge in [-0.15, -0.1) is 0 Å². The highest BCUT2D eigenvalue weighted by Crippen LogP contribution is 2.16. The summed E-state index contributed by atoms with van der Waals surface area (Å²) in [5, 5.41) is 10.5. The average Bonchev–Trinajstić information content (AvgIpc) is 3.02. The normalized spacial score (nSPS) is 12.1. The van der Waals surface area contributed by atoms with Gasteiger partial charge in [0.25, 0.3) is 0 Å². The zero-order chi connectivity index (χ0) is 17.7. The number of nitro groups is 1. The molecule has 0 bridgehead atoms. The van der Waals surface area contributed by atoms with Crippen LogP contribution >= 0.6 is 0 Å². The van der Waals surface area contributed by atoms with Gasteiger partial charge >= 0.3 is 11.9 Å². The molecule has 7 heteroatoms. The Labute approximate surface area is 137 Å². The molecule has 0 saturated heterocycles. The number of nitrogens with zero attached hydrogens (tertiary/aromatic N) is 1. The summed E-state index contributed by atoms with van der Waals surface area (Å²) in [5.41, 5.74) is 1.47. The van der Waals surface area contributed by atoms with Crippen molar-refractivity contribution < 1.29 is 23.7 Å². The Bertz CT molecular complexity index is 788. The molecule has 0 aliphatic heterocycles. The number of carbonyl (C=O) groups excluding carboxylic acids is 2. The van der Waals surface area contributed by atoms with Crippen molar-refractivity contribution in [1.29, 1.82) is 0 Å². The second-order valence-electron chi connectivity index (χ2n) is 5.08. The largest absolute Gasteiger partial charge is 0.451 e. The number of Topliss-reactive ketones (excluding diaryl/α,β-unsaturated/α-hetero) is 1. The summed E-state index contributed by atoms with van der Waals surface area (Å²) in [4.78, 5) is 33.7. The van der Waals surface area contributed by atoms with Gasteiger partial charge in [0.2, 0.25) is 5.78 Å². The highest BCUT2D eigenvalue weighted by atomic mass is 16.6. The first-order valence-electron chi connectivity index (χ1n) is 7.10. The fourth-order valence-corrected chi connectivity index (χ4v) is 1.90. The minimum atomic E-state index is -0.948. The van der Waals surface area contributed by atoms with Crippen LogP contribution in [0.4, 0.5) is 5.88 Å². The van der Waals surface area contributed by atoms with E-state index in [1.165, 1.54) is 25.1 Å². The van der Waals surface area contributed by atoms with E-state index in [0.717, 1.165) is 11.6 Å². The molecule has 0 aliphatic carbocycles. The second kappa shape index (κ2) is 7.36. The van der Waals surface area contributed by atoms with Crippen molar-refractivity contribution in [3.63, 3.8) is 0 Å². The summed E-state index contributed by atoms with van der Waals surface area (Å²) >= 11 is 0. The summed E-state index contributed by atoms with van der Waals surface area (Å²) in [5.74, 6) is -1.35. The Morgan fingerprint density at radius 3 is 2.46 bits per heavy atom. The Morgan fingerprint density at radius 2 is 1.88 bits per heavy atom. The molecule has 2 aromatic rings. The molecule has 0 N–H and O–H groups in total. The van der Waals surface area contributed by atoms with Crippen LogP contribution in [-0.4, -0.2) is 22.8 Å². The third-order valence-corrected chi connectivity index (χ3v) is 3.17. The average molecular weight is 329 g/mol. The molecular formula is C17H15NO6. The highest BCUT2D eigenvalue weighted by Gasteiger charge is 2.18. The van der Waals surface area contributed by atoms with E-state index in [2.05, 4.69) is 0 Å².